The molecule has 1 heterocycles. The maximum Gasteiger partial charge on any atom is 0.310 e. The number of benzene rings is 1. The fourth-order valence-electron chi connectivity index (χ4n) is 2.00. The molecule has 0 aliphatic rings. The Morgan fingerprint density at radius 2 is 2.11 bits per heavy atom. The third kappa shape index (κ3) is 3.29. The van der Waals surface area contributed by atoms with Crippen LogP contribution in [0.15, 0.2) is 36.4 Å². The summed E-state index contributed by atoms with van der Waals surface area (Å²) in [6.07, 6.45) is 0.514. The van der Waals surface area contributed by atoms with Crippen molar-refractivity contribution in [3.8, 4) is 0 Å². The third-order valence-corrected chi connectivity index (χ3v) is 3.02. The number of ether oxygens (including phenoxy) is 1. The van der Waals surface area contributed by atoms with E-state index in [1.165, 1.54) is 0 Å². The number of fused-ring (bicyclic) bond motifs is 1. The molecule has 1 unspecified atom stereocenters. The minimum Gasteiger partial charge on any atom is -0.466 e. The molecule has 0 bridgehead atoms. The van der Waals surface area contributed by atoms with Gasteiger partial charge in [0.15, 0.2) is 0 Å². The summed E-state index contributed by atoms with van der Waals surface area (Å²) in [7, 11) is 0. The van der Waals surface area contributed by atoms with Crippen molar-refractivity contribution in [2.45, 2.75) is 13.3 Å². The predicted molar refractivity (Wildman–Crippen MR) is 74.6 cm³/mol. The molecule has 0 aliphatic heterocycles. The van der Waals surface area contributed by atoms with E-state index >= 15 is 0 Å². The highest BCUT2D eigenvalue weighted by atomic mass is 16.5. The van der Waals surface area contributed by atoms with Gasteiger partial charge in [0.25, 0.3) is 0 Å². The number of nitrogens with two attached hydrogens (primary N) is 1. The van der Waals surface area contributed by atoms with E-state index in [1.807, 2.05) is 36.4 Å². The van der Waals surface area contributed by atoms with Crippen LogP contribution in [0.1, 0.15) is 12.6 Å². The number of pyridine rings is 1. The number of hydrogen-bond acceptors (Lipinski definition) is 4. The molecule has 0 fully saturated rings. The van der Waals surface area contributed by atoms with Crippen molar-refractivity contribution < 1.29 is 9.53 Å². The fraction of sp³-hybridized carbons (Fsp3) is 0.333. The highest BCUT2D eigenvalue weighted by Gasteiger charge is 2.19. The number of esters is 1. The molecule has 0 aliphatic carbocycles. The van der Waals surface area contributed by atoms with Gasteiger partial charge in [-0.15, -0.1) is 0 Å². The van der Waals surface area contributed by atoms with E-state index in [0.29, 0.717) is 13.0 Å². The van der Waals surface area contributed by atoms with Crippen LogP contribution in [0.4, 0.5) is 0 Å². The van der Waals surface area contributed by atoms with Gasteiger partial charge in [0, 0.05) is 24.0 Å². The summed E-state index contributed by atoms with van der Waals surface area (Å²) < 4.78 is 5.01. The zero-order chi connectivity index (χ0) is 13.7. The molecule has 2 aromatic rings. The molecule has 0 spiro atoms. The number of nitrogens with zero attached hydrogens (tertiary/aromatic N) is 1. The molecule has 2 rings (SSSR count). The van der Waals surface area contributed by atoms with Crippen molar-refractivity contribution in [1.29, 1.82) is 0 Å². The number of rotatable bonds is 5. The molecule has 2 N–H and O–H groups in total. The second-order valence-electron chi connectivity index (χ2n) is 4.38. The van der Waals surface area contributed by atoms with Crippen LogP contribution in [0, 0.1) is 5.92 Å². The lowest BCUT2D eigenvalue weighted by atomic mass is 10.0. The second kappa shape index (κ2) is 6.29. The van der Waals surface area contributed by atoms with Crippen molar-refractivity contribution in [2.75, 3.05) is 13.2 Å². The van der Waals surface area contributed by atoms with Gasteiger partial charge in [0.1, 0.15) is 0 Å². The van der Waals surface area contributed by atoms with Crippen LogP contribution >= 0.6 is 0 Å². The Kier molecular flexibility index (Phi) is 4.47. The monoisotopic (exact) mass is 258 g/mol. The molecule has 19 heavy (non-hydrogen) atoms. The van der Waals surface area contributed by atoms with Crippen LogP contribution in [-0.4, -0.2) is 24.1 Å². The van der Waals surface area contributed by atoms with Gasteiger partial charge in [-0.3, -0.25) is 9.78 Å². The average molecular weight is 258 g/mol. The summed E-state index contributed by atoms with van der Waals surface area (Å²) >= 11 is 0. The Labute approximate surface area is 112 Å². The molecule has 1 atom stereocenters. The van der Waals surface area contributed by atoms with Gasteiger partial charge in [0.2, 0.25) is 0 Å². The maximum absolute atomic E-state index is 11.7. The van der Waals surface area contributed by atoms with Gasteiger partial charge < -0.3 is 10.5 Å². The van der Waals surface area contributed by atoms with E-state index in [9.17, 15) is 4.79 Å². The van der Waals surface area contributed by atoms with Crippen LogP contribution in [0.3, 0.4) is 0 Å². The topological polar surface area (TPSA) is 65.2 Å². The summed E-state index contributed by atoms with van der Waals surface area (Å²) in [5, 5.41) is 1.09. The number of hydrogen-bond donors (Lipinski definition) is 1. The summed E-state index contributed by atoms with van der Waals surface area (Å²) in [6, 6.07) is 11.8. The van der Waals surface area contributed by atoms with Gasteiger partial charge in [-0.25, -0.2) is 0 Å². The van der Waals surface area contributed by atoms with Crippen LogP contribution in [0.25, 0.3) is 10.9 Å². The zero-order valence-corrected chi connectivity index (χ0v) is 11.0. The Morgan fingerprint density at radius 3 is 2.84 bits per heavy atom. The van der Waals surface area contributed by atoms with Gasteiger partial charge in [0.05, 0.1) is 18.0 Å². The van der Waals surface area contributed by atoms with E-state index in [-0.39, 0.29) is 18.4 Å². The molecule has 1 aromatic heterocycles. The summed E-state index contributed by atoms with van der Waals surface area (Å²) in [4.78, 5) is 16.3. The quantitative estimate of drug-likeness (QED) is 0.832. The molecule has 4 heteroatoms. The van der Waals surface area contributed by atoms with E-state index in [1.54, 1.807) is 6.92 Å². The SMILES string of the molecule is CCOC(=O)C(CN)Cc1ccc2ccccc2n1. The lowest BCUT2D eigenvalue weighted by molar-refractivity contribution is -0.147. The normalized spacial score (nSPS) is 12.3. The first kappa shape index (κ1) is 13.5. The molecular formula is C15H18N2O2. The second-order valence-corrected chi connectivity index (χ2v) is 4.38. The van der Waals surface area contributed by atoms with Gasteiger partial charge in [-0.2, -0.15) is 0 Å². The molecule has 0 saturated heterocycles. The van der Waals surface area contributed by atoms with E-state index in [4.69, 9.17) is 10.5 Å². The summed E-state index contributed by atoms with van der Waals surface area (Å²) in [5.74, 6) is -0.575. The number of carbonyl (C=O) groups is 1. The average Bonchev–Trinajstić information content (AvgIpc) is 2.44. The van der Waals surface area contributed by atoms with E-state index in [0.717, 1.165) is 16.6 Å². The van der Waals surface area contributed by atoms with Crippen molar-refractivity contribution in [2.24, 2.45) is 11.7 Å². The molecule has 0 radical (unpaired) electrons. The van der Waals surface area contributed by atoms with Crippen LogP contribution in [0.5, 0.6) is 0 Å². The maximum atomic E-state index is 11.7. The summed E-state index contributed by atoms with van der Waals surface area (Å²) in [5.41, 5.74) is 7.43. The molecule has 100 valence electrons. The summed E-state index contributed by atoms with van der Waals surface area (Å²) in [6.45, 7) is 2.44. The van der Waals surface area contributed by atoms with Crippen LogP contribution < -0.4 is 5.73 Å². The molecule has 4 nitrogen and oxygen atoms in total. The van der Waals surface area contributed by atoms with E-state index < -0.39 is 0 Å². The zero-order valence-electron chi connectivity index (χ0n) is 11.0. The molecule has 0 amide bonds. The Balaban J connectivity index is 2.17. The predicted octanol–water partition coefficient (Wildman–Crippen LogP) is 1.92. The molecule has 1 aromatic carbocycles. The first-order chi connectivity index (χ1) is 9.24. The van der Waals surface area contributed by atoms with Crippen molar-refractivity contribution in [1.82, 2.24) is 4.98 Å². The first-order valence-corrected chi connectivity index (χ1v) is 6.46. The van der Waals surface area contributed by atoms with Gasteiger partial charge >= 0.3 is 5.97 Å². The van der Waals surface area contributed by atoms with E-state index in [2.05, 4.69) is 4.98 Å². The largest absolute Gasteiger partial charge is 0.466 e. The van der Waals surface area contributed by atoms with Crippen molar-refractivity contribution >= 4 is 16.9 Å². The fourth-order valence-corrected chi connectivity index (χ4v) is 2.00. The Morgan fingerprint density at radius 1 is 1.32 bits per heavy atom. The standard InChI is InChI=1S/C15H18N2O2/c1-2-19-15(18)12(10-16)9-13-8-7-11-5-3-4-6-14(11)17-13/h3-8,12H,2,9-10,16H2,1H3. The van der Waals surface area contributed by atoms with Crippen molar-refractivity contribution in [3.05, 3.63) is 42.1 Å². The minimum absolute atomic E-state index is 0.250. The van der Waals surface area contributed by atoms with Crippen LogP contribution in [0.2, 0.25) is 0 Å². The highest BCUT2D eigenvalue weighted by Crippen LogP contribution is 2.14. The smallest absolute Gasteiger partial charge is 0.310 e. The number of aromatic nitrogens is 1. The minimum atomic E-state index is -0.325. The molecular weight excluding hydrogens is 240 g/mol. The van der Waals surface area contributed by atoms with Gasteiger partial charge in [-0.05, 0) is 19.1 Å². The third-order valence-electron chi connectivity index (χ3n) is 3.02. The number of carbonyl (C=O) groups excluding carboxylic acids is 1. The van der Waals surface area contributed by atoms with Crippen LogP contribution in [-0.2, 0) is 16.0 Å². The lowest BCUT2D eigenvalue weighted by Gasteiger charge is -2.13. The first-order valence-electron chi connectivity index (χ1n) is 6.46. The Bertz CT molecular complexity index is 569. The van der Waals surface area contributed by atoms with Crippen molar-refractivity contribution in [3.63, 3.8) is 0 Å². The molecule has 0 saturated carbocycles. The Hall–Kier alpha value is -1.94. The highest BCUT2D eigenvalue weighted by molar-refractivity contribution is 5.78. The van der Waals surface area contributed by atoms with Gasteiger partial charge in [-0.1, -0.05) is 24.3 Å². The number of para-hydroxylation sites is 1. The lowest BCUT2D eigenvalue weighted by Crippen LogP contribution is -2.28.